The van der Waals surface area contributed by atoms with E-state index in [-0.39, 0.29) is 11.3 Å². The summed E-state index contributed by atoms with van der Waals surface area (Å²) in [5.41, 5.74) is 14.2. The van der Waals surface area contributed by atoms with Crippen LogP contribution in [0.15, 0.2) is 36.7 Å². The Balaban J connectivity index is 1.93. The average Bonchev–Trinajstić information content (AvgIpc) is 2.82. The summed E-state index contributed by atoms with van der Waals surface area (Å²) in [6.07, 6.45) is 1.37. The zero-order chi connectivity index (χ0) is 16.4. The molecule has 8 heteroatoms. The molecule has 1 radical (unpaired) electrons. The van der Waals surface area contributed by atoms with Gasteiger partial charge in [0.05, 0.1) is 0 Å². The van der Waals surface area contributed by atoms with Crippen molar-refractivity contribution in [3.05, 3.63) is 47.8 Å². The maximum absolute atomic E-state index is 7.88. The molecule has 0 aliphatic heterocycles. The van der Waals surface area contributed by atoms with E-state index < -0.39 is 0 Å². The summed E-state index contributed by atoms with van der Waals surface area (Å²) in [6, 6.07) is 9.84. The number of nitrogens with zero attached hydrogens (tertiary/aromatic N) is 3. The Labute approximate surface area is 141 Å². The molecule has 3 aromatic rings. The molecule has 0 spiro atoms. The first-order valence-electron chi connectivity index (χ1n) is 6.85. The van der Waals surface area contributed by atoms with Crippen molar-refractivity contribution >= 4 is 43.3 Å². The summed E-state index contributed by atoms with van der Waals surface area (Å²) in [5, 5.41) is 8.45. The van der Waals surface area contributed by atoms with Crippen LogP contribution in [0.2, 0.25) is 0 Å². The van der Waals surface area contributed by atoms with Crippen molar-refractivity contribution in [2.75, 3.05) is 11.5 Å². The second kappa shape index (κ2) is 6.37. The molecule has 2 heterocycles. The number of benzene rings is 1. The van der Waals surface area contributed by atoms with Gasteiger partial charge in [-0.1, -0.05) is 0 Å². The van der Waals surface area contributed by atoms with E-state index in [1.807, 2.05) is 30.3 Å². The van der Waals surface area contributed by atoms with Gasteiger partial charge in [-0.15, -0.1) is 0 Å². The molecule has 0 aliphatic rings. The second-order valence-electron chi connectivity index (χ2n) is 4.94. The van der Waals surface area contributed by atoms with Crippen molar-refractivity contribution in [1.82, 2.24) is 14.5 Å². The Morgan fingerprint density at radius 2 is 1.96 bits per heavy atom. The summed E-state index contributed by atoms with van der Waals surface area (Å²) < 4.78 is 7.61. The van der Waals surface area contributed by atoms with Crippen LogP contribution in [-0.4, -0.2) is 35.2 Å². The van der Waals surface area contributed by atoms with Gasteiger partial charge in [0.15, 0.2) is 0 Å². The third-order valence-electron chi connectivity index (χ3n) is 3.47. The molecular weight excluding hydrogens is 359 g/mol. The first-order valence-corrected chi connectivity index (χ1v) is 7.71. The molecule has 0 aliphatic carbocycles. The van der Waals surface area contributed by atoms with Crippen molar-refractivity contribution in [1.29, 1.82) is 5.41 Å². The van der Waals surface area contributed by atoms with Crippen molar-refractivity contribution in [2.45, 2.75) is 13.3 Å². The molecule has 5 N–H and O–H groups in total. The van der Waals surface area contributed by atoms with Gasteiger partial charge >= 0.3 is 141 Å². The predicted octanol–water partition coefficient (Wildman–Crippen LogP) is 1.26. The first kappa shape index (κ1) is 15.5. The van der Waals surface area contributed by atoms with Crippen molar-refractivity contribution in [3.8, 4) is 0 Å². The zero-order valence-corrected chi connectivity index (χ0v) is 13.9. The molecule has 0 saturated heterocycles. The van der Waals surface area contributed by atoms with E-state index in [0.29, 0.717) is 34.8 Å². The van der Waals surface area contributed by atoms with Gasteiger partial charge in [-0.2, -0.15) is 0 Å². The third kappa shape index (κ3) is 2.92. The van der Waals surface area contributed by atoms with E-state index in [0.717, 1.165) is 5.56 Å². The van der Waals surface area contributed by atoms with Crippen LogP contribution in [0, 0.1) is 5.41 Å². The van der Waals surface area contributed by atoms with E-state index in [1.54, 1.807) is 4.57 Å². The molecule has 0 saturated carbocycles. The number of ether oxygens (including phenoxy) is 1. The molecule has 0 fully saturated rings. The number of rotatable bonds is 5. The number of fused-ring (bicyclic) bond motifs is 1. The van der Waals surface area contributed by atoms with Gasteiger partial charge in [0.2, 0.25) is 0 Å². The van der Waals surface area contributed by atoms with Crippen molar-refractivity contribution in [3.63, 3.8) is 0 Å². The van der Waals surface area contributed by atoms with Gasteiger partial charge in [-0.3, -0.25) is 0 Å². The van der Waals surface area contributed by atoms with E-state index >= 15 is 0 Å². The van der Waals surface area contributed by atoms with Crippen LogP contribution in [-0.2, 0) is 18.1 Å². The van der Waals surface area contributed by atoms with E-state index in [9.17, 15) is 0 Å². The molecule has 23 heavy (non-hydrogen) atoms. The minimum atomic E-state index is 0.191. The van der Waals surface area contributed by atoms with Crippen LogP contribution in [0.4, 0.5) is 11.6 Å². The number of nitrogen functional groups attached to an aromatic ring is 2. The molecule has 117 valence electrons. The van der Waals surface area contributed by atoms with Crippen LogP contribution in [0.1, 0.15) is 11.1 Å². The molecular formula is C15H15N6OSe. The number of hydrogen-bond acceptors (Lipinski definition) is 6. The van der Waals surface area contributed by atoms with Crippen LogP contribution in [0.5, 0.6) is 0 Å². The average molecular weight is 374 g/mol. The van der Waals surface area contributed by atoms with Crippen molar-refractivity contribution < 1.29 is 4.74 Å². The van der Waals surface area contributed by atoms with Crippen LogP contribution in [0.25, 0.3) is 11.0 Å². The molecule has 0 amide bonds. The van der Waals surface area contributed by atoms with E-state index in [1.165, 1.54) is 6.33 Å². The Morgan fingerprint density at radius 3 is 2.65 bits per heavy atom. The molecule has 2 aromatic heterocycles. The van der Waals surface area contributed by atoms with Gasteiger partial charge in [0, 0.05) is 0 Å². The Bertz CT molecular complexity index is 861. The number of hydrogen-bond donors (Lipinski definition) is 3. The summed E-state index contributed by atoms with van der Waals surface area (Å²) in [5.74, 6) is 0.669. The normalized spacial score (nSPS) is 11.0. The molecule has 0 bridgehead atoms. The minimum absolute atomic E-state index is 0.191. The van der Waals surface area contributed by atoms with Gasteiger partial charge in [0.25, 0.3) is 0 Å². The fraction of sp³-hybridized carbons (Fsp3) is 0.133. The Hall–Kier alpha value is -2.41. The van der Waals surface area contributed by atoms with Crippen LogP contribution < -0.4 is 11.5 Å². The number of aromatic nitrogens is 3. The third-order valence-corrected chi connectivity index (χ3v) is 3.90. The van der Waals surface area contributed by atoms with E-state index in [4.69, 9.17) is 21.6 Å². The summed E-state index contributed by atoms with van der Waals surface area (Å²) in [4.78, 5) is 8.21. The summed E-state index contributed by atoms with van der Waals surface area (Å²) in [7, 11) is 0. The second-order valence-corrected chi connectivity index (χ2v) is 5.79. The Kier molecular flexibility index (Phi) is 4.29. The fourth-order valence-electron chi connectivity index (χ4n) is 2.40. The molecule has 3 rings (SSSR count). The molecule has 0 atom stereocenters. The van der Waals surface area contributed by atoms with Gasteiger partial charge in [0.1, 0.15) is 0 Å². The van der Waals surface area contributed by atoms with E-state index in [2.05, 4.69) is 26.0 Å². The molecule has 1 aromatic carbocycles. The first-order chi connectivity index (χ1) is 11.1. The number of anilines is 2. The monoisotopic (exact) mass is 375 g/mol. The molecule has 7 nitrogen and oxygen atoms in total. The number of nitrogens with one attached hydrogen (secondary N) is 1. The van der Waals surface area contributed by atoms with Crippen molar-refractivity contribution in [2.24, 2.45) is 0 Å². The van der Waals surface area contributed by atoms with Gasteiger partial charge in [-0.25, -0.2) is 0 Å². The summed E-state index contributed by atoms with van der Waals surface area (Å²) in [6.45, 7) is 0.659. The topological polar surface area (TPSA) is 116 Å². The predicted molar refractivity (Wildman–Crippen MR) is 90.2 cm³/mol. The Morgan fingerprint density at radius 1 is 1.22 bits per heavy atom. The molecule has 0 unspecified atom stereocenters. The summed E-state index contributed by atoms with van der Waals surface area (Å²) >= 11 is 2.65. The maximum atomic E-state index is 7.88. The standard InChI is InChI=1S/C15H15N6OSe/c16-12-10-11(14(18)23)13(17)21(15(10)20-7-19-12)8-22-6-9-4-2-1-3-5-9/h1-5,7,18H,6,8,17H2,(H2,16,19,20). The van der Waals surface area contributed by atoms with Gasteiger partial charge in [-0.05, 0) is 0 Å². The number of nitrogens with two attached hydrogens (primary N) is 2. The van der Waals surface area contributed by atoms with Gasteiger partial charge < -0.3 is 0 Å². The van der Waals surface area contributed by atoms with Crippen LogP contribution >= 0.6 is 0 Å². The van der Waals surface area contributed by atoms with Crippen LogP contribution in [0.3, 0.4) is 0 Å². The zero-order valence-electron chi connectivity index (χ0n) is 12.2. The SMILES string of the molecule is N=C([Se])c1c(N)n(COCc2ccccc2)c2ncnc(N)c12. The fourth-order valence-corrected chi connectivity index (χ4v) is 2.83. The quantitative estimate of drug-likeness (QED) is 0.459.